The summed E-state index contributed by atoms with van der Waals surface area (Å²) in [6.07, 6.45) is 6.23. The summed E-state index contributed by atoms with van der Waals surface area (Å²) in [5.74, 6) is 0.801. The number of carbonyl (C=O) groups excluding carboxylic acids is 1. The predicted octanol–water partition coefficient (Wildman–Crippen LogP) is 2.64. The predicted molar refractivity (Wildman–Crippen MR) is 126 cm³/mol. The van der Waals surface area contributed by atoms with Crippen molar-refractivity contribution in [2.24, 2.45) is 0 Å². The summed E-state index contributed by atoms with van der Waals surface area (Å²) in [7, 11) is 0. The van der Waals surface area contributed by atoms with Crippen LogP contribution in [0.1, 0.15) is 60.1 Å². The SMILES string of the molecule is CCCN1CCN(CCCNC(=O)c2sc3nc4n(c(=O)c3c2C)CCCCC4)CC1. The lowest BCUT2D eigenvalue weighted by molar-refractivity contribution is 0.0951. The van der Waals surface area contributed by atoms with Gasteiger partial charge in [0.1, 0.15) is 10.7 Å². The first-order valence-electron chi connectivity index (χ1n) is 11.8. The van der Waals surface area contributed by atoms with Crippen LogP contribution in [0, 0.1) is 6.92 Å². The van der Waals surface area contributed by atoms with E-state index in [0.717, 1.165) is 82.8 Å². The Morgan fingerprint density at radius 2 is 1.81 bits per heavy atom. The molecule has 1 amide bonds. The Bertz CT molecular complexity index is 974. The number of aryl methyl sites for hydroxylation is 2. The van der Waals surface area contributed by atoms with Gasteiger partial charge in [-0.3, -0.25) is 14.2 Å². The van der Waals surface area contributed by atoms with Crippen LogP contribution in [0.25, 0.3) is 10.2 Å². The van der Waals surface area contributed by atoms with Crippen molar-refractivity contribution in [2.75, 3.05) is 45.8 Å². The Balaban J connectivity index is 1.35. The minimum atomic E-state index is -0.0761. The van der Waals surface area contributed by atoms with E-state index in [9.17, 15) is 9.59 Å². The first kappa shape index (κ1) is 22.4. The molecule has 4 heterocycles. The molecule has 4 rings (SSSR count). The number of nitrogens with one attached hydrogen (secondary N) is 1. The van der Waals surface area contributed by atoms with Crippen molar-refractivity contribution in [3.8, 4) is 0 Å². The molecule has 1 N–H and O–H groups in total. The highest BCUT2D eigenvalue weighted by Gasteiger charge is 2.22. The van der Waals surface area contributed by atoms with Crippen LogP contribution in [0.15, 0.2) is 4.79 Å². The molecule has 2 aliphatic rings. The van der Waals surface area contributed by atoms with E-state index in [0.29, 0.717) is 21.6 Å². The van der Waals surface area contributed by atoms with Gasteiger partial charge in [-0.15, -0.1) is 11.3 Å². The molecule has 8 heteroatoms. The Morgan fingerprint density at radius 3 is 2.55 bits per heavy atom. The summed E-state index contributed by atoms with van der Waals surface area (Å²) < 4.78 is 1.83. The van der Waals surface area contributed by atoms with E-state index in [1.54, 1.807) is 0 Å². The van der Waals surface area contributed by atoms with Gasteiger partial charge in [-0.1, -0.05) is 13.3 Å². The monoisotopic (exact) mass is 445 g/mol. The summed E-state index contributed by atoms with van der Waals surface area (Å²) in [6, 6.07) is 0. The van der Waals surface area contributed by atoms with Crippen molar-refractivity contribution in [1.29, 1.82) is 0 Å². The van der Waals surface area contributed by atoms with Crippen LogP contribution in [-0.4, -0.2) is 71.1 Å². The van der Waals surface area contributed by atoms with Crippen LogP contribution >= 0.6 is 11.3 Å². The summed E-state index contributed by atoms with van der Waals surface area (Å²) in [6.45, 7) is 12.2. The molecule has 170 valence electrons. The van der Waals surface area contributed by atoms with E-state index in [4.69, 9.17) is 4.98 Å². The number of fused-ring (bicyclic) bond motifs is 2. The molecule has 0 unspecified atom stereocenters. The second kappa shape index (κ2) is 10.2. The number of thiophene rings is 1. The third-order valence-electron chi connectivity index (χ3n) is 6.56. The second-order valence-corrected chi connectivity index (χ2v) is 9.82. The average molecular weight is 446 g/mol. The zero-order valence-electron chi connectivity index (χ0n) is 18.9. The fraction of sp³-hybridized carbons (Fsp3) is 0.696. The number of nitrogens with zero attached hydrogens (tertiary/aromatic N) is 4. The highest BCUT2D eigenvalue weighted by atomic mass is 32.1. The Labute approximate surface area is 188 Å². The minimum Gasteiger partial charge on any atom is -0.351 e. The average Bonchev–Trinajstić information content (AvgIpc) is 2.94. The highest BCUT2D eigenvalue weighted by molar-refractivity contribution is 7.20. The number of rotatable bonds is 7. The summed E-state index contributed by atoms with van der Waals surface area (Å²) in [5, 5.41) is 3.70. The normalized spacial score (nSPS) is 18.1. The number of carbonyl (C=O) groups is 1. The fourth-order valence-corrected chi connectivity index (χ4v) is 5.87. The van der Waals surface area contributed by atoms with Crippen LogP contribution in [0.3, 0.4) is 0 Å². The van der Waals surface area contributed by atoms with Crippen LogP contribution in [0.4, 0.5) is 0 Å². The molecule has 0 saturated carbocycles. The molecular formula is C23H35N5O2S. The van der Waals surface area contributed by atoms with E-state index >= 15 is 0 Å². The minimum absolute atomic E-state index is 0.0249. The van der Waals surface area contributed by atoms with Gasteiger partial charge in [-0.2, -0.15) is 0 Å². The first-order chi connectivity index (χ1) is 15.1. The molecule has 31 heavy (non-hydrogen) atoms. The van der Waals surface area contributed by atoms with Gasteiger partial charge in [0.25, 0.3) is 11.5 Å². The molecule has 0 aromatic carbocycles. The molecule has 2 aliphatic heterocycles. The van der Waals surface area contributed by atoms with Gasteiger partial charge >= 0.3 is 0 Å². The molecule has 2 aromatic rings. The van der Waals surface area contributed by atoms with Crippen LogP contribution in [-0.2, 0) is 13.0 Å². The molecule has 0 radical (unpaired) electrons. The number of amides is 1. The summed E-state index contributed by atoms with van der Waals surface area (Å²) >= 11 is 1.36. The maximum Gasteiger partial charge on any atom is 0.262 e. The van der Waals surface area contributed by atoms with Crippen LogP contribution in [0.2, 0.25) is 0 Å². The Morgan fingerprint density at radius 1 is 1.06 bits per heavy atom. The van der Waals surface area contributed by atoms with Gasteiger partial charge in [-0.05, 0) is 51.3 Å². The number of aromatic nitrogens is 2. The first-order valence-corrected chi connectivity index (χ1v) is 12.7. The smallest absolute Gasteiger partial charge is 0.262 e. The molecule has 0 spiro atoms. The van der Waals surface area contributed by atoms with Crippen molar-refractivity contribution in [1.82, 2.24) is 24.7 Å². The van der Waals surface area contributed by atoms with Gasteiger partial charge in [0, 0.05) is 45.7 Å². The number of piperazine rings is 1. The van der Waals surface area contributed by atoms with Crippen molar-refractivity contribution < 1.29 is 4.79 Å². The quantitative estimate of drug-likeness (QED) is 0.664. The van der Waals surface area contributed by atoms with E-state index in [2.05, 4.69) is 22.0 Å². The molecular weight excluding hydrogens is 410 g/mol. The van der Waals surface area contributed by atoms with Gasteiger partial charge in [0.05, 0.1) is 10.3 Å². The summed E-state index contributed by atoms with van der Waals surface area (Å²) in [5.41, 5.74) is 0.804. The highest BCUT2D eigenvalue weighted by Crippen LogP contribution is 2.28. The van der Waals surface area contributed by atoms with Crippen LogP contribution < -0.4 is 10.9 Å². The molecule has 0 bridgehead atoms. The van der Waals surface area contributed by atoms with E-state index in [-0.39, 0.29) is 11.5 Å². The molecule has 7 nitrogen and oxygen atoms in total. The van der Waals surface area contributed by atoms with Gasteiger partial charge in [0.15, 0.2) is 0 Å². The maximum absolute atomic E-state index is 13.1. The molecule has 0 atom stereocenters. The standard InChI is InChI=1S/C23H35N5O2S/c1-3-10-26-13-15-27(16-14-26)11-7-9-24-21(29)20-17(2)19-22(31-20)25-18-8-5-4-6-12-28(18)23(19)30/h3-16H2,1-2H3,(H,24,29). The van der Waals surface area contributed by atoms with E-state index in [1.807, 2.05) is 11.5 Å². The third kappa shape index (κ3) is 5.02. The lowest BCUT2D eigenvalue weighted by Crippen LogP contribution is -2.47. The van der Waals surface area contributed by atoms with Gasteiger partial charge in [-0.25, -0.2) is 4.98 Å². The number of hydrogen-bond acceptors (Lipinski definition) is 6. The van der Waals surface area contributed by atoms with Crippen molar-refractivity contribution in [2.45, 2.75) is 58.9 Å². The van der Waals surface area contributed by atoms with Crippen molar-refractivity contribution in [3.63, 3.8) is 0 Å². The maximum atomic E-state index is 13.1. The molecule has 0 aliphatic carbocycles. The largest absolute Gasteiger partial charge is 0.351 e. The summed E-state index contributed by atoms with van der Waals surface area (Å²) in [4.78, 5) is 37.0. The molecule has 1 saturated heterocycles. The fourth-order valence-electron chi connectivity index (χ4n) is 4.76. The van der Waals surface area contributed by atoms with Crippen molar-refractivity contribution in [3.05, 3.63) is 26.6 Å². The third-order valence-corrected chi connectivity index (χ3v) is 7.74. The second-order valence-electron chi connectivity index (χ2n) is 8.82. The zero-order valence-corrected chi connectivity index (χ0v) is 19.7. The Kier molecular flexibility index (Phi) is 7.40. The van der Waals surface area contributed by atoms with Crippen LogP contribution in [0.5, 0.6) is 0 Å². The molecule has 1 fully saturated rings. The van der Waals surface area contributed by atoms with E-state index < -0.39 is 0 Å². The lowest BCUT2D eigenvalue weighted by Gasteiger charge is -2.34. The van der Waals surface area contributed by atoms with E-state index in [1.165, 1.54) is 24.3 Å². The Hall–Kier alpha value is -1.77. The number of hydrogen-bond donors (Lipinski definition) is 1. The van der Waals surface area contributed by atoms with Gasteiger partial charge in [0.2, 0.25) is 0 Å². The lowest BCUT2D eigenvalue weighted by atomic mass is 10.2. The molecule has 2 aromatic heterocycles. The zero-order chi connectivity index (χ0) is 21.8. The van der Waals surface area contributed by atoms with Crippen molar-refractivity contribution >= 4 is 27.5 Å². The van der Waals surface area contributed by atoms with Gasteiger partial charge < -0.3 is 15.1 Å². The topological polar surface area (TPSA) is 70.5 Å².